The fourth-order valence-electron chi connectivity index (χ4n) is 0.488. The summed E-state index contributed by atoms with van der Waals surface area (Å²) in [4.78, 5) is 10.2. The van der Waals surface area contributed by atoms with Crippen LogP contribution in [0.2, 0.25) is 0 Å². The average molecular weight is 134 g/mol. The van der Waals surface area contributed by atoms with Gasteiger partial charge in [-0.05, 0) is 24.1 Å². The van der Waals surface area contributed by atoms with Gasteiger partial charge in [0.1, 0.15) is 6.29 Å². The summed E-state index contributed by atoms with van der Waals surface area (Å²) in [5, 5.41) is 0. The van der Waals surface area contributed by atoms with E-state index in [1.165, 1.54) is 0 Å². The van der Waals surface area contributed by atoms with Gasteiger partial charge < -0.3 is 0 Å². The highest BCUT2D eigenvalue weighted by Gasteiger charge is 1.86. The molecule has 0 aliphatic rings. The molecule has 1 nitrogen and oxygen atoms in total. The summed E-state index contributed by atoms with van der Waals surface area (Å²) in [6.07, 6.45) is 6.35. The van der Waals surface area contributed by atoms with E-state index in [9.17, 15) is 4.79 Å². The van der Waals surface area contributed by atoms with Gasteiger partial charge in [0.2, 0.25) is 0 Å². The minimum absolute atomic E-state index is 0.599. The summed E-state index contributed by atoms with van der Waals surface area (Å²) in [6, 6.07) is 0. The maximum Gasteiger partial charge on any atom is 0.146 e. The molecule has 0 aromatic carbocycles. The number of aldehydes is 1. The van der Waals surface area contributed by atoms with Crippen molar-refractivity contribution in [1.82, 2.24) is 0 Å². The van der Waals surface area contributed by atoms with Crippen LogP contribution in [0.1, 0.15) is 6.42 Å². The summed E-state index contributed by atoms with van der Waals surface area (Å²) >= 11 is 0. The zero-order chi connectivity index (χ0) is 7.82. The number of carbonyl (C=O) groups is 1. The van der Waals surface area contributed by atoms with Gasteiger partial charge in [-0.1, -0.05) is 12.7 Å². The molecule has 0 fully saturated rings. The minimum atomic E-state index is 0.599. The van der Waals surface area contributed by atoms with Gasteiger partial charge in [0.15, 0.2) is 0 Å². The third kappa shape index (κ3) is 3.65. The number of allylic oxidation sites excluding steroid dienone is 4. The molecule has 0 aliphatic carbocycles. The van der Waals surface area contributed by atoms with Crippen LogP contribution in [-0.2, 0) is 4.79 Å². The fraction of sp³-hybridized carbons (Fsp3) is 0.111. The van der Waals surface area contributed by atoms with E-state index < -0.39 is 0 Å². The normalized spacial score (nSPS) is 9.80. The average Bonchev–Trinajstić information content (AvgIpc) is 1.98. The predicted molar refractivity (Wildman–Crippen MR) is 42.7 cm³/mol. The Bertz CT molecular complexity index is 193. The van der Waals surface area contributed by atoms with Crippen LogP contribution in [0.4, 0.5) is 0 Å². The van der Waals surface area contributed by atoms with Crippen molar-refractivity contribution in [3.8, 4) is 0 Å². The van der Waals surface area contributed by atoms with Crippen molar-refractivity contribution in [2.24, 2.45) is 0 Å². The smallest absolute Gasteiger partial charge is 0.146 e. The number of hydrogen-bond donors (Lipinski definition) is 0. The van der Waals surface area contributed by atoms with Gasteiger partial charge >= 0.3 is 0 Å². The number of carbonyl (C=O) groups excluding carboxylic acids is 1. The molecule has 0 atom stereocenters. The molecule has 0 amide bonds. The maximum absolute atomic E-state index is 10.2. The lowest BCUT2D eigenvalue weighted by Gasteiger charge is -1.87. The van der Waals surface area contributed by atoms with Crippen LogP contribution in [0.15, 0.2) is 42.7 Å². The topological polar surface area (TPSA) is 17.1 Å². The van der Waals surface area contributed by atoms with Crippen LogP contribution in [0, 0.1) is 0 Å². The lowest BCUT2D eigenvalue weighted by Crippen LogP contribution is -1.79. The van der Waals surface area contributed by atoms with Crippen molar-refractivity contribution in [1.29, 1.82) is 0 Å². The second kappa shape index (κ2) is 5.80. The highest BCUT2D eigenvalue weighted by Crippen LogP contribution is 1.96. The molecule has 0 bridgehead atoms. The summed E-state index contributed by atoms with van der Waals surface area (Å²) < 4.78 is 0. The molecule has 0 saturated heterocycles. The fourth-order valence-corrected chi connectivity index (χ4v) is 0.488. The van der Waals surface area contributed by atoms with Crippen molar-refractivity contribution in [2.45, 2.75) is 6.42 Å². The highest BCUT2D eigenvalue weighted by molar-refractivity contribution is 5.74. The highest BCUT2D eigenvalue weighted by atomic mass is 16.1. The predicted octanol–water partition coefficient (Wildman–Crippen LogP) is 2.03. The van der Waals surface area contributed by atoms with Crippen molar-refractivity contribution in [3.63, 3.8) is 0 Å². The largest absolute Gasteiger partial charge is 0.298 e. The molecule has 10 heavy (non-hydrogen) atoms. The Balaban J connectivity index is 4.15. The van der Waals surface area contributed by atoms with Crippen LogP contribution >= 0.6 is 0 Å². The van der Waals surface area contributed by atoms with E-state index in [0.717, 1.165) is 6.29 Å². The molecule has 0 radical (unpaired) electrons. The molecule has 0 unspecified atom stereocenters. The summed E-state index contributed by atoms with van der Waals surface area (Å²) in [7, 11) is 0. The van der Waals surface area contributed by atoms with Crippen molar-refractivity contribution >= 4 is 6.29 Å². The maximum atomic E-state index is 10.2. The standard InChI is InChI=1S/C9H10O/c1-3-5-7-9(8-10)6-4-2/h4-5,7-8H,1-2,6H2. The summed E-state index contributed by atoms with van der Waals surface area (Å²) in [5.41, 5.74) is 3.23. The van der Waals surface area contributed by atoms with E-state index in [2.05, 4.69) is 18.9 Å². The Morgan fingerprint density at radius 3 is 2.70 bits per heavy atom. The minimum Gasteiger partial charge on any atom is -0.298 e. The zero-order valence-corrected chi connectivity index (χ0v) is 5.84. The molecule has 0 N–H and O–H groups in total. The molecule has 0 heterocycles. The summed E-state index contributed by atoms with van der Waals surface area (Å²) in [5.74, 6) is 0. The van der Waals surface area contributed by atoms with Gasteiger partial charge in [0, 0.05) is 0 Å². The van der Waals surface area contributed by atoms with Gasteiger partial charge in [0.05, 0.1) is 0 Å². The van der Waals surface area contributed by atoms with Crippen LogP contribution in [-0.4, -0.2) is 6.29 Å². The Morgan fingerprint density at radius 1 is 1.60 bits per heavy atom. The van der Waals surface area contributed by atoms with E-state index in [1.807, 2.05) is 0 Å². The quantitative estimate of drug-likeness (QED) is 0.189. The first-order chi connectivity index (χ1) is 4.85. The van der Waals surface area contributed by atoms with Gasteiger partial charge in [-0.3, -0.25) is 4.79 Å². The van der Waals surface area contributed by atoms with E-state index in [4.69, 9.17) is 0 Å². The lowest BCUT2D eigenvalue weighted by atomic mass is 10.2. The molecular formula is C9H10O. The number of rotatable bonds is 4. The third-order valence-corrected chi connectivity index (χ3v) is 0.947. The van der Waals surface area contributed by atoms with E-state index in [1.54, 1.807) is 18.2 Å². The van der Waals surface area contributed by atoms with Crippen molar-refractivity contribution in [3.05, 3.63) is 42.7 Å². The molecule has 0 aromatic heterocycles. The van der Waals surface area contributed by atoms with Crippen LogP contribution < -0.4 is 0 Å². The first-order valence-corrected chi connectivity index (χ1v) is 2.96. The Kier molecular flexibility index (Phi) is 5.03. The molecule has 1 heteroatoms. The van der Waals surface area contributed by atoms with Gasteiger partial charge in [-0.25, -0.2) is 0 Å². The molecule has 0 spiro atoms. The summed E-state index contributed by atoms with van der Waals surface area (Å²) in [6.45, 7) is 6.87. The monoisotopic (exact) mass is 134 g/mol. The molecule has 0 saturated carbocycles. The second-order valence-corrected chi connectivity index (χ2v) is 1.72. The van der Waals surface area contributed by atoms with E-state index in [0.29, 0.717) is 12.0 Å². The molecule has 0 aliphatic heterocycles. The van der Waals surface area contributed by atoms with E-state index >= 15 is 0 Å². The van der Waals surface area contributed by atoms with Gasteiger partial charge in [-0.15, -0.1) is 12.3 Å². The first kappa shape index (κ1) is 8.67. The zero-order valence-electron chi connectivity index (χ0n) is 5.84. The SMILES string of the molecule is C=C=CC=C(C=O)CC=C. The lowest BCUT2D eigenvalue weighted by molar-refractivity contribution is -0.104. The Labute approximate surface area is 61.1 Å². The molecular weight excluding hydrogens is 124 g/mol. The van der Waals surface area contributed by atoms with Crippen molar-refractivity contribution < 1.29 is 4.79 Å². The van der Waals surface area contributed by atoms with Crippen LogP contribution in [0.25, 0.3) is 0 Å². The first-order valence-electron chi connectivity index (χ1n) is 2.96. The second-order valence-electron chi connectivity index (χ2n) is 1.72. The van der Waals surface area contributed by atoms with Gasteiger partial charge in [-0.2, -0.15) is 0 Å². The Morgan fingerprint density at radius 2 is 2.30 bits per heavy atom. The molecule has 0 aromatic rings. The molecule has 0 rings (SSSR count). The van der Waals surface area contributed by atoms with Crippen LogP contribution in [0.3, 0.4) is 0 Å². The van der Waals surface area contributed by atoms with E-state index in [-0.39, 0.29) is 0 Å². The third-order valence-electron chi connectivity index (χ3n) is 0.947. The van der Waals surface area contributed by atoms with Crippen molar-refractivity contribution in [2.75, 3.05) is 0 Å². The molecule has 52 valence electrons. The number of hydrogen-bond acceptors (Lipinski definition) is 1. The van der Waals surface area contributed by atoms with Crippen LogP contribution in [0.5, 0.6) is 0 Å². The Hall–Kier alpha value is -1.33. The van der Waals surface area contributed by atoms with Gasteiger partial charge in [0.25, 0.3) is 0 Å².